The summed E-state index contributed by atoms with van der Waals surface area (Å²) < 4.78 is 31.9. The highest BCUT2D eigenvalue weighted by Crippen LogP contribution is 2.16. The van der Waals surface area contributed by atoms with E-state index in [0.29, 0.717) is 23.6 Å². The van der Waals surface area contributed by atoms with Crippen LogP contribution in [0.1, 0.15) is 16.8 Å². The van der Waals surface area contributed by atoms with Gasteiger partial charge in [0.2, 0.25) is 0 Å². The number of benzene rings is 1. The number of rotatable bonds is 6. The molecule has 0 saturated heterocycles. The van der Waals surface area contributed by atoms with Gasteiger partial charge in [-0.05, 0) is 18.1 Å². The summed E-state index contributed by atoms with van der Waals surface area (Å²) in [6.07, 6.45) is 0. The van der Waals surface area contributed by atoms with E-state index in [1.54, 1.807) is 14.0 Å². The van der Waals surface area contributed by atoms with E-state index >= 15 is 0 Å². The van der Waals surface area contributed by atoms with E-state index in [0.717, 1.165) is 11.1 Å². The number of aromatic amines is 1. The second-order valence-corrected chi connectivity index (χ2v) is 7.45. The van der Waals surface area contributed by atoms with Crippen molar-refractivity contribution in [3.05, 3.63) is 50.8 Å². The van der Waals surface area contributed by atoms with E-state index < -0.39 is 10.0 Å². The molecule has 0 aliphatic heterocycles. The van der Waals surface area contributed by atoms with E-state index in [9.17, 15) is 13.2 Å². The standard InChI is InChI=1S/C13H16N2O4S2/c1-9-12(20-13(16)15-9)21(17,18)14-7-10-4-3-5-11(6-10)8-19-2/h3-6,14H,7-8H2,1-2H3,(H,15,16). The lowest BCUT2D eigenvalue weighted by Gasteiger charge is -2.07. The quantitative estimate of drug-likeness (QED) is 0.838. The van der Waals surface area contributed by atoms with Gasteiger partial charge >= 0.3 is 4.87 Å². The Bertz CT molecular complexity index is 777. The van der Waals surface area contributed by atoms with Crippen molar-refractivity contribution in [2.75, 3.05) is 7.11 Å². The van der Waals surface area contributed by atoms with Crippen LogP contribution in [0.15, 0.2) is 33.3 Å². The van der Waals surface area contributed by atoms with Gasteiger partial charge in [-0.3, -0.25) is 4.79 Å². The molecule has 1 heterocycles. The Labute approximate surface area is 126 Å². The molecule has 0 amide bonds. The molecule has 21 heavy (non-hydrogen) atoms. The summed E-state index contributed by atoms with van der Waals surface area (Å²) >= 11 is 0.686. The topological polar surface area (TPSA) is 88.3 Å². The summed E-state index contributed by atoms with van der Waals surface area (Å²) in [5, 5.41) is 0. The molecule has 0 fully saturated rings. The van der Waals surface area contributed by atoms with Crippen LogP contribution < -0.4 is 9.60 Å². The molecule has 1 aromatic heterocycles. The lowest BCUT2D eigenvalue weighted by molar-refractivity contribution is 0.185. The van der Waals surface area contributed by atoms with Gasteiger partial charge in [0.15, 0.2) is 4.21 Å². The molecular formula is C13H16N2O4S2. The molecule has 0 aliphatic rings. The molecule has 0 aliphatic carbocycles. The highest BCUT2D eigenvalue weighted by atomic mass is 32.2. The summed E-state index contributed by atoms with van der Waals surface area (Å²) in [5.74, 6) is 0. The molecule has 2 rings (SSSR count). The number of methoxy groups -OCH3 is 1. The molecule has 0 atom stereocenters. The highest BCUT2D eigenvalue weighted by Gasteiger charge is 2.20. The Morgan fingerprint density at radius 2 is 2.05 bits per heavy atom. The summed E-state index contributed by atoms with van der Waals surface area (Å²) in [7, 11) is -2.08. The number of H-pyrrole nitrogens is 1. The zero-order chi connectivity index (χ0) is 15.5. The smallest absolute Gasteiger partial charge is 0.305 e. The number of aromatic nitrogens is 1. The first kappa shape index (κ1) is 15.9. The summed E-state index contributed by atoms with van der Waals surface area (Å²) in [4.78, 5) is 13.3. The van der Waals surface area contributed by atoms with E-state index in [1.807, 2.05) is 24.3 Å². The van der Waals surface area contributed by atoms with Crippen molar-refractivity contribution in [2.24, 2.45) is 0 Å². The Morgan fingerprint density at radius 3 is 2.67 bits per heavy atom. The lowest BCUT2D eigenvalue weighted by atomic mass is 10.1. The van der Waals surface area contributed by atoms with Gasteiger partial charge in [0, 0.05) is 19.3 Å². The van der Waals surface area contributed by atoms with Gasteiger partial charge in [-0.1, -0.05) is 35.6 Å². The number of sulfonamides is 1. The van der Waals surface area contributed by atoms with Crippen molar-refractivity contribution >= 4 is 21.4 Å². The predicted octanol–water partition coefficient (Wildman–Crippen LogP) is 1.37. The monoisotopic (exact) mass is 328 g/mol. The van der Waals surface area contributed by atoms with Crippen LogP contribution in [0.25, 0.3) is 0 Å². The Morgan fingerprint density at radius 1 is 1.33 bits per heavy atom. The molecule has 8 heteroatoms. The molecule has 0 saturated carbocycles. The predicted molar refractivity (Wildman–Crippen MR) is 80.9 cm³/mol. The van der Waals surface area contributed by atoms with Crippen LogP contribution in [-0.4, -0.2) is 20.5 Å². The molecule has 0 bridgehead atoms. The molecule has 0 unspecified atom stereocenters. The maximum Gasteiger partial charge on any atom is 0.305 e. The third kappa shape index (κ3) is 4.01. The Balaban J connectivity index is 2.13. The van der Waals surface area contributed by atoms with E-state index in [-0.39, 0.29) is 15.6 Å². The first-order chi connectivity index (χ1) is 9.92. The molecule has 2 aromatic rings. The van der Waals surface area contributed by atoms with Crippen LogP contribution in [0.4, 0.5) is 0 Å². The van der Waals surface area contributed by atoms with Crippen LogP contribution in [0.2, 0.25) is 0 Å². The van der Waals surface area contributed by atoms with E-state index in [2.05, 4.69) is 9.71 Å². The van der Waals surface area contributed by atoms with Gasteiger partial charge in [0.25, 0.3) is 10.0 Å². The van der Waals surface area contributed by atoms with Gasteiger partial charge in [-0.2, -0.15) is 0 Å². The largest absolute Gasteiger partial charge is 0.380 e. The fourth-order valence-electron chi connectivity index (χ4n) is 1.89. The minimum atomic E-state index is -3.69. The SMILES string of the molecule is COCc1cccc(CNS(=O)(=O)c2sc(=O)[nH]c2C)c1. The van der Waals surface area contributed by atoms with Crippen molar-refractivity contribution in [1.82, 2.24) is 9.71 Å². The average Bonchev–Trinajstić information content (AvgIpc) is 2.77. The van der Waals surface area contributed by atoms with Gasteiger partial charge < -0.3 is 9.72 Å². The van der Waals surface area contributed by atoms with Crippen molar-refractivity contribution in [2.45, 2.75) is 24.3 Å². The normalized spacial score (nSPS) is 11.7. The van der Waals surface area contributed by atoms with Crippen LogP contribution >= 0.6 is 11.3 Å². The third-order valence-electron chi connectivity index (χ3n) is 2.79. The highest BCUT2D eigenvalue weighted by molar-refractivity contribution is 7.91. The zero-order valence-electron chi connectivity index (χ0n) is 11.7. The van der Waals surface area contributed by atoms with Crippen molar-refractivity contribution in [3.63, 3.8) is 0 Å². The first-order valence-corrected chi connectivity index (χ1v) is 8.48. The first-order valence-electron chi connectivity index (χ1n) is 6.18. The van der Waals surface area contributed by atoms with Crippen molar-refractivity contribution in [3.8, 4) is 0 Å². The number of hydrogen-bond donors (Lipinski definition) is 2. The third-order valence-corrected chi connectivity index (χ3v) is 5.80. The number of nitrogens with one attached hydrogen (secondary N) is 2. The summed E-state index contributed by atoms with van der Waals surface area (Å²) in [6.45, 7) is 2.19. The van der Waals surface area contributed by atoms with Crippen LogP contribution in [0, 0.1) is 6.92 Å². The summed E-state index contributed by atoms with van der Waals surface area (Å²) in [6, 6.07) is 7.45. The Hall–Kier alpha value is -1.48. The molecule has 1 aromatic carbocycles. The van der Waals surface area contributed by atoms with Gasteiger partial charge in [-0.15, -0.1) is 0 Å². The van der Waals surface area contributed by atoms with Crippen LogP contribution in [0.3, 0.4) is 0 Å². The van der Waals surface area contributed by atoms with Crippen molar-refractivity contribution < 1.29 is 13.2 Å². The maximum absolute atomic E-state index is 12.2. The van der Waals surface area contributed by atoms with E-state index in [4.69, 9.17) is 4.74 Å². The lowest BCUT2D eigenvalue weighted by Crippen LogP contribution is -2.23. The fourth-order valence-corrected chi connectivity index (χ4v) is 4.25. The van der Waals surface area contributed by atoms with Crippen LogP contribution in [-0.2, 0) is 27.9 Å². The van der Waals surface area contributed by atoms with E-state index in [1.165, 1.54) is 0 Å². The molecule has 2 N–H and O–H groups in total. The fraction of sp³-hybridized carbons (Fsp3) is 0.308. The van der Waals surface area contributed by atoms with Gasteiger partial charge in [0.05, 0.1) is 6.61 Å². The van der Waals surface area contributed by atoms with Gasteiger partial charge in [0.1, 0.15) is 0 Å². The van der Waals surface area contributed by atoms with Crippen LogP contribution in [0.5, 0.6) is 0 Å². The Kier molecular flexibility index (Phi) is 4.94. The maximum atomic E-state index is 12.2. The number of thiazole rings is 1. The minimum Gasteiger partial charge on any atom is -0.380 e. The second kappa shape index (κ2) is 6.52. The number of ether oxygens (including phenoxy) is 1. The molecule has 0 spiro atoms. The molecule has 114 valence electrons. The van der Waals surface area contributed by atoms with Crippen molar-refractivity contribution in [1.29, 1.82) is 0 Å². The number of aryl methyl sites for hydroxylation is 1. The zero-order valence-corrected chi connectivity index (χ0v) is 13.3. The van der Waals surface area contributed by atoms with Gasteiger partial charge in [-0.25, -0.2) is 13.1 Å². The summed E-state index contributed by atoms with van der Waals surface area (Å²) in [5.41, 5.74) is 2.15. The number of hydrogen-bond acceptors (Lipinski definition) is 5. The second-order valence-electron chi connectivity index (χ2n) is 4.50. The molecular weight excluding hydrogens is 312 g/mol. The average molecular weight is 328 g/mol. The molecule has 0 radical (unpaired) electrons. The molecule has 6 nitrogen and oxygen atoms in total. The minimum absolute atomic E-state index is 0.0283.